The third-order valence-electron chi connectivity index (χ3n) is 4.11. The van der Waals surface area contributed by atoms with Crippen LogP contribution in [0.1, 0.15) is 30.4 Å². The number of aliphatic hydroxyl groups excluding tert-OH is 1. The molecule has 6 nitrogen and oxygen atoms in total. The zero-order valence-corrected chi connectivity index (χ0v) is 12.2. The fraction of sp³-hybridized carbons (Fsp3) is 0.533. The largest absolute Gasteiger partial charge is 0.496 e. The first-order chi connectivity index (χ1) is 10.2. The van der Waals surface area contributed by atoms with Crippen LogP contribution in [0.3, 0.4) is 0 Å². The molecule has 1 aliphatic carbocycles. The monoisotopic (exact) mass is 293 g/mol. The lowest BCUT2D eigenvalue weighted by molar-refractivity contribution is 0.205. The fourth-order valence-corrected chi connectivity index (χ4v) is 2.88. The summed E-state index contributed by atoms with van der Waals surface area (Å²) in [5, 5.41) is 24.6. The second-order valence-electron chi connectivity index (χ2n) is 5.38. The van der Waals surface area contributed by atoms with Crippen molar-refractivity contribution in [2.45, 2.75) is 31.8 Å². The molecule has 5 N–H and O–H groups in total. The number of aliphatic hydroxyl groups is 1. The second-order valence-corrected chi connectivity index (χ2v) is 5.38. The van der Waals surface area contributed by atoms with Gasteiger partial charge >= 0.3 is 0 Å². The Morgan fingerprint density at radius 2 is 2.29 bits per heavy atom. The van der Waals surface area contributed by atoms with Crippen molar-refractivity contribution in [2.24, 2.45) is 16.8 Å². The number of hydrogen-bond donors (Lipinski definition) is 4. The molecule has 2 atom stereocenters. The molecule has 2 unspecified atom stereocenters. The van der Waals surface area contributed by atoms with Gasteiger partial charge in [-0.25, -0.2) is 0 Å². The first kappa shape index (κ1) is 15.6. The lowest BCUT2D eigenvalue weighted by Crippen LogP contribution is -2.33. The van der Waals surface area contributed by atoms with E-state index in [1.807, 2.05) is 12.1 Å². The number of nitrogens with one attached hydrogen (secondary N) is 1. The van der Waals surface area contributed by atoms with Crippen molar-refractivity contribution in [3.63, 3.8) is 0 Å². The number of benzene rings is 1. The van der Waals surface area contributed by atoms with E-state index in [4.69, 9.17) is 15.7 Å². The van der Waals surface area contributed by atoms with Gasteiger partial charge in [0.25, 0.3) is 0 Å². The third kappa shape index (κ3) is 3.65. The van der Waals surface area contributed by atoms with E-state index in [-0.39, 0.29) is 12.4 Å². The summed E-state index contributed by atoms with van der Waals surface area (Å²) in [5.74, 6) is 0.959. The summed E-state index contributed by atoms with van der Waals surface area (Å²) in [4.78, 5) is 0. The van der Waals surface area contributed by atoms with Crippen molar-refractivity contribution in [1.82, 2.24) is 5.32 Å². The molecular weight excluding hydrogens is 270 g/mol. The highest BCUT2D eigenvalue weighted by atomic mass is 16.5. The summed E-state index contributed by atoms with van der Waals surface area (Å²) in [7, 11) is 1.56. The van der Waals surface area contributed by atoms with Gasteiger partial charge in [0.05, 0.1) is 12.7 Å². The predicted octanol–water partition coefficient (Wildman–Crippen LogP) is 1.04. The van der Waals surface area contributed by atoms with E-state index in [1.54, 1.807) is 13.2 Å². The molecule has 0 aromatic heterocycles. The second kappa shape index (κ2) is 7.28. The van der Waals surface area contributed by atoms with Crippen LogP contribution in [0, 0.1) is 5.92 Å². The van der Waals surface area contributed by atoms with E-state index in [0.717, 1.165) is 24.8 Å². The molecule has 0 aliphatic heterocycles. The Morgan fingerprint density at radius 3 is 2.95 bits per heavy atom. The SMILES string of the molecule is COc1cc(CNC2CCCC2CO)ccc1/C(N)=N/O. The van der Waals surface area contributed by atoms with Crippen LogP contribution in [0.2, 0.25) is 0 Å². The van der Waals surface area contributed by atoms with Gasteiger partial charge in [0.15, 0.2) is 5.84 Å². The fourth-order valence-electron chi connectivity index (χ4n) is 2.88. The van der Waals surface area contributed by atoms with Crippen LogP contribution in [0.15, 0.2) is 23.4 Å². The number of ether oxygens (including phenoxy) is 1. The quantitative estimate of drug-likeness (QED) is 0.272. The van der Waals surface area contributed by atoms with Crippen LogP contribution < -0.4 is 15.8 Å². The van der Waals surface area contributed by atoms with Crippen LogP contribution in [-0.2, 0) is 6.54 Å². The summed E-state index contributed by atoms with van der Waals surface area (Å²) in [6.07, 6.45) is 3.35. The Balaban J connectivity index is 2.04. The first-order valence-corrected chi connectivity index (χ1v) is 7.18. The summed E-state index contributed by atoms with van der Waals surface area (Å²) < 4.78 is 5.28. The average Bonchev–Trinajstić information content (AvgIpc) is 2.99. The van der Waals surface area contributed by atoms with Gasteiger partial charge in [0.2, 0.25) is 0 Å². The van der Waals surface area contributed by atoms with E-state index >= 15 is 0 Å². The Morgan fingerprint density at radius 1 is 1.48 bits per heavy atom. The molecule has 0 heterocycles. The molecule has 0 saturated heterocycles. The molecule has 1 aromatic carbocycles. The normalized spacial score (nSPS) is 22.5. The number of amidine groups is 1. The lowest BCUT2D eigenvalue weighted by Gasteiger charge is -2.19. The number of methoxy groups -OCH3 is 1. The standard InChI is InChI=1S/C15H23N3O3/c1-21-14-7-10(5-6-12(14)15(16)18-20)8-17-13-4-2-3-11(13)9-19/h5-7,11,13,17,19-20H,2-4,8-9H2,1H3,(H2,16,18). The van der Waals surface area contributed by atoms with Gasteiger partial charge in [-0.15, -0.1) is 0 Å². The van der Waals surface area contributed by atoms with Crippen molar-refractivity contribution < 1.29 is 15.1 Å². The summed E-state index contributed by atoms with van der Waals surface area (Å²) >= 11 is 0. The van der Waals surface area contributed by atoms with Gasteiger partial charge in [0.1, 0.15) is 5.75 Å². The topological polar surface area (TPSA) is 100 Å². The number of nitrogens with zero attached hydrogens (tertiary/aromatic N) is 1. The number of nitrogens with two attached hydrogens (primary N) is 1. The smallest absolute Gasteiger partial charge is 0.173 e. The minimum atomic E-state index is 0.0301. The van der Waals surface area contributed by atoms with E-state index in [9.17, 15) is 5.11 Å². The summed E-state index contributed by atoms with van der Waals surface area (Å²) in [5.41, 5.74) is 7.23. The van der Waals surface area contributed by atoms with E-state index in [1.165, 1.54) is 0 Å². The number of rotatable bonds is 6. The highest BCUT2D eigenvalue weighted by Crippen LogP contribution is 2.26. The minimum absolute atomic E-state index is 0.0301. The molecule has 1 saturated carbocycles. The van der Waals surface area contributed by atoms with Crippen molar-refractivity contribution in [1.29, 1.82) is 0 Å². The molecule has 1 aromatic rings. The van der Waals surface area contributed by atoms with E-state index in [2.05, 4.69) is 10.5 Å². The molecule has 0 bridgehead atoms. The van der Waals surface area contributed by atoms with Gasteiger partial charge < -0.3 is 26.1 Å². The molecule has 21 heavy (non-hydrogen) atoms. The van der Waals surface area contributed by atoms with Crippen molar-refractivity contribution >= 4 is 5.84 Å². The Kier molecular flexibility index (Phi) is 5.41. The molecule has 1 aliphatic rings. The maximum Gasteiger partial charge on any atom is 0.173 e. The molecule has 0 spiro atoms. The highest BCUT2D eigenvalue weighted by Gasteiger charge is 2.25. The Bertz CT molecular complexity index is 505. The number of oxime groups is 1. The van der Waals surface area contributed by atoms with Crippen molar-refractivity contribution in [2.75, 3.05) is 13.7 Å². The van der Waals surface area contributed by atoms with E-state index < -0.39 is 0 Å². The van der Waals surface area contributed by atoms with Crippen LogP contribution in [-0.4, -0.2) is 35.9 Å². The van der Waals surface area contributed by atoms with E-state index in [0.29, 0.717) is 29.8 Å². The van der Waals surface area contributed by atoms with Crippen molar-refractivity contribution in [3.8, 4) is 5.75 Å². The van der Waals surface area contributed by atoms with Gasteiger partial charge in [-0.05, 0) is 36.5 Å². The molecule has 6 heteroatoms. The maximum atomic E-state index is 9.33. The molecule has 0 radical (unpaired) electrons. The zero-order chi connectivity index (χ0) is 15.2. The van der Waals surface area contributed by atoms with Crippen LogP contribution >= 0.6 is 0 Å². The predicted molar refractivity (Wildman–Crippen MR) is 80.6 cm³/mol. The van der Waals surface area contributed by atoms with Gasteiger partial charge in [-0.2, -0.15) is 0 Å². The Labute approximate surface area is 124 Å². The zero-order valence-electron chi connectivity index (χ0n) is 12.2. The molecule has 116 valence electrons. The van der Waals surface area contributed by atoms with Crippen molar-refractivity contribution in [3.05, 3.63) is 29.3 Å². The van der Waals surface area contributed by atoms with Gasteiger partial charge in [-0.3, -0.25) is 0 Å². The number of hydrogen-bond acceptors (Lipinski definition) is 5. The average molecular weight is 293 g/mol. The summed E-state index contributed by atoms with van der Waals surface area (Å²) in [6.45, 7) is 0.942. The molecule has 0 amide bonds. The highest BCUT2D eigenvalue weighted by molar-refractivity contribution is 5.99. The van der Waals surface area contributed by atoms with Crippen LogP contribution in [0.4, 0.5) is 0 Å². The maximum absolute atomic E-state index is 9.33. The van der Waals surface area contributed by atoms with Gasteiger partial charge in [-0.1, -0.05) is 17.6 Å². The lowest BCUT2D eigenvalue weighted by atomic mass is 10.0. The molecule has 1 fully saturated rings. The molecular formula is C15H23N3O3. The van der Waals surface area contributed by atoms with Crippen LogP contribution in [0.25, 0.3) is 0 Å². The Hall–Kier alpha value is -1.79. The van der Waals surface area contributed by atoms with Crippen LogP contribution in [0.5, 0.6) is 5.75 Å². The van der Waals surface area contributed by atoms with Gasteiger partial charge in [0, 0.05) is 19.2 Å². The third-order valence-corrected chi connectivity index (χ3v) is 4.11. The summed E-state index contributed by atoms with van der Waals surface area (Å²) in [6, 6.07) is 5.95. The molecule has 2 rings (SSSR count). The first-order valence-electron chi connectivity index (χ1n) is 7.18. The minimum Gasteiger partial charge on any atom is -0.496 e.